The van der Waals surface area contributed by atoms with Crippen molar-refractivity contribution >= 4 is 23.6 Å². The number of hydrogen-bond donors (Lipinski definition) is 2. The largest absolute Gasteiger partial charge is 0.465 e. The molecule has 0 radical (unpaired) electrons. The first kappa shape index (κ1) is 15.9. The smallest absolute Gasteiger partial charge is 0.244 e. The highest BCUT2D eigenvalue weighted by Gasteiger charge is 2.16. The van der Waals surface area contributed by atoms with Crippen molar-refractivity contribution in [3.8, 4) is 0 Å². The highest BCUT2D eigenvalue weighted by Crippen LogP contribution is 2.16. The number of anilines is 1. The zero-order chi connectivity index (χ0) is 16.8. The minimum absolute atomic E-state index is 0.0425. The molecule has 6 heteroatoms. The molecular formula is C18H19N3O3. The Morgan fingerprint density at radius 3 is 2.83 bits per heavy atom. The number of hydrogen-bond acceptors (Lipinski definition) is 4. The molecule has 0 atom stereocenters. The average Bonchev–Trinajstić information content (AvgIpc) is 3.12. The van der Waals surface area contributed by atoms with Crippen LogP contribution >= 0.6 is 0 Å². The maximum Gasteiger partial charge on any atom is 0.244 e. The molecule has 0 spiro atoms. The van der Waals surface area contributed by atoms with Gasteiger partial charge in [0.2, 0.25) is 11.8 Å². The molecule has 1 fully saturated rings. The molecule has 2 N–H and O–H groups in total. The number of benzene rings is 1. The maximum absolute atomic E-state index is 11.8. The summed E-state index contributed by atoms with van der Waals surface area (Å²) in [7, 11) is 0. The van der Waals surface area contributed by atoms with Crippen molar-refractivity contribution in [3.63, 3.8) is 0 Å². The lowest BCUT2D eigenvalue weighted by molar-refractivity contribution is -0.120. The maximum atomic E-state index is 11.8. The number of carbonyl (C=O) groups is 2. The summed E-state index contributed by atoms with van der Waals surface area (Å²) in [5.74, 6) is 0.504. The third-order valence-electron chi connectivity index (χ3n) is 3.75. The van der Waals surface area contributed by atoms with E-state index in [4.69, 9.17) is 4.42 Å². The zero-order valence-electron chi connectivity index (χ0n) is 13.2. The van der Waals surface area contributed by atoms with Crippen LogP contribution in [-0.2, 0) is 16.1 Å². The third-order valence-corrected chi connectivity index (χ3v) is 3.75. The molecule has 24 heavy (non-hydrogen) atoms. The van der Waals surface area contributed by atoms with E-state index in [2.05, 4.69) is 10.6 Å². The predicted octanol–water partition coefficient (Wildman–Crippen LogP) is 1.55. The Kier molecular flexibility index (Phi) is 4.96. The van der Waals surface area contributed by atoms with Gasteiger partial charge in [0, 0.05) is 31.4 Å². The van der Waals surface area contributed by atoms with Crippen molar-refractivity contribution in [1.82, 2.24) is 10.6 Å². The van der Waals surface area contributed by atoms with Gasteiger partial charge in [-0.1, -0.05) is 12.1 Å². The molecule has 1 aromatic carbocycles. The lowest BCUT2D eigenvalue weighted by Gasteiger charge is -2.28. The molecule has 0 unspecified atom stereocenters. The fraction of sp³-hybridized carbons (Fsp3) is 0.222. The van der Waals surface area contributed by atoms with Gasteiger partial charge in [-0.25, -0.2) is 0 Å². The van der Waals surface area contributed by atoms with Gasteiger partial charge in [-0.15, -0.1) is 0 Å². The van der Waals surface area contributed by atoms with E-state index in [0.29, 0.717) is 25.4 Å². The van der Waals surface area contributed by atoms with E-state index in [-0.39, 0.29) is 11.8 Å². The highest BCUT2D eigenvalue weighted by atomic mass is 16.3. The Morgan fingerprint density at radius 1 is 1.29 bits per heavy atom. The van der Waals surface area contributed by atoms with Gasteiger partial charge in [-0.05, 0) is 35.9 Å². The number of carbonyl (C=O) groups excluding carboxylic acids is 2. The van der Waals surface area contributed by atoms with Crippen molar-refractivity contribution < 1.29 is 14.0 Å². The van der Waals surface area contributed by atoms with Gasteiger partial charge in [0.15, 0.2) is 0 Å². The number of nitrogens with one attached hydrogen (secondary N) is 2. The van der Waals surface area contributed by atoms with Crippen LogP contribution < -0.4 is 15.5 Å². The SMILES string of the molecule is O=C(/C=C/c1ccco1)NCc1ccc(N2CCNC(=O)C2)cc1. The normalized spacial score (nSPS) is 14.7. The van der Waals surface area contributed by atoms with Crippen LogP contribution in [0.15, 0.2) is 53.2 Å². The zero-order valence-corrected chi connectivity index (χ0v) is 13.2. The summed E-state index contributed by atoms with van der Waals surface area (Å²) < 4.78 is 5.13. The van der Waals surface area contributed by atoms with E-state index >= 15 is 0 Å². The Morgan fingerprint density at radius 2 is 2.12 bits per heavy atom. The van der Waals surface area contributed by atoms with Crippen LogP contribution in [-0.4, -0.2) is 31.4 Å². The lowest BCUT2D eigenvalue weighted by Crippen LogP contribution is -2.47. The summed E-state index contributed by atoms with van der Waals surface area (Å²) in [4.78, 5) is 25.2. The van der Waals surface area contributed by atoms with Gasteiger partial charge in [-0.3, -0.25) is 9.59 Å². The first-order valence-electron chi connectivity index (χ1n) is 7.81. The molecule has 124 valence electrons. The number of piperazine rings is 1. The number of rotatable bonds is 5. The fourth-order valence-corrected chi connectivity index (χ4v) is 2.48. The molecule has 0 aliphatic carbocycles. The monoisotopic (exact) mass is 325 g/mol. The third kappa shape index (κ3) is 4.25. The Bertz CT molecular complexity index is 720. The van der Waals surface area contributed by atoms with E-state index in [9.17, 15) is 9.59 Å². The van der Waals surface area contributed by atoms with Crippen molar-refractivity contribution in [2.45, 2.75) is 6.54 Å². The van der Waals surface area contributed by atoms with Gasteiger partial charge >= 0.3 is 0 Å². The van der Waals surface area contributed by atoms with Gasteiger partial charge in [-0.2, -0.15) is 0 Å². The number of nitrogens with zero attached hydrogens (tertiary/aromatic N) is 1. The topological polar surface area (TPSA) is 74.6 Å². The van der Waals surface area contributed by atoms with E-state index < -0.39 is 0 Å². The van der Waals surface area contributed by atoms with Crippen molar-refractivity contribution in [2.24, 2.45) is 0 Å². The fourth-order valence-electron chi connectivity index (χ4n) is 2.48. The summed E-state index contributed by atoms with van der Waals surface area (Å²) in [5.41, 5.74) is 2.01. The molecule has 1 saturated heterocycles. The van der Waals surface area contributed by atoms with Crippen LogP contribution in [0.25, 0.3) is 6.08 Å². The summed E-state index contributed by atoms with van der Waals surface area (Å²) in [6, 6.07) is 11.4. The van der Waals surface area contributed by atoms with Crippen LogP contribution in [0, 0.1) is 0 Å². The van der Waals surface area contributed by atoms with Crippen molar-refractivity contribution in [3.05, 3.63) is 60.1 Å². The minimum atomic E-state index is -0.178. The van der Waals surface area contributed by atoms with E-state index in [1.54, 1.807) is 24.5 Å². The minimum Gasteiger partial charge on any atom is -0.465 e. The van der Waals surface area contributed by atoms with Gasteiger partial charge < -0.3 is 20.0 Å². The first-order valence-corrected chi connectivity index (χ1v) is 7.81. The molecule has 2 aromatic rings. The second-order valence-electron chi connectivity index (χ2n) is 5.50. The molecule has 1 aliphatic heterocycles. The van der Waals surface area contributed by atoms with Gasteiger partial charge in [0.05, 0.1) is 12.8 Å². The van der Waals surface area contributed by atoms with E-state index in [1.807, 2.05) is 29.2 Å². The predicted molar refractivity (Wildman–Crippen MR) is 91.3 cm³/mol. The molecule has 0 bridgehead atoms. The van der Waals surface area contributed by atoms with Crippen molar-refractivity contribution in [2.75, 3.05) is 24.5 Å². The lowest BCUT2D eigenvalue weighted by atomic mass is 10.2. The van der Waals surface area contributed by atoms with E-state index in [1.165, 1.54) is 6.08 Å². The summed E-state index contributed by atoms with van der Waals surface area (Å²) >= 11 is 0. The number of amides is 2. The molecule has 1 aromatic heterocycles. The van der Waals surface area contributed by atoms with Gasteiger partial charge in [0.25, 0.3) is 0 Å². The number of furan rings is 1. The Balaban J connectivity index is 1.51. The van der Waals surface area contributed by atoms with Crippen LogP contribution in [0.2, 0.25) is 0 Å². The molecule has 6 nitrogen and oxygen atoms in total. The summed E-state index contributed by atoms with van der Waals surface area (Å²) in [6.45, 7) is 2.30. The Labute approximate surface area is 140 Å². The standard InChI is InChI=1S/C18H19N3O3/c22-17(8-7-16-2-1-11-24-16)20-12-14-3-5-15(6-4-14)21-10-9-19-18(23)13-21/h1-8,11H,9-10,12-13H2,(H,19,23)(H,20,22)/b8-7+. The molecule has 3 rings (SSSR count). The summed E-state index contributed by atoms with van der Waals surface area (Å²) in [5, 5.41) is 5.63. The quantitative estimate of drug-likeness (QED) is 0.818. The van der Waals surface area contributed by atoms with E-state index in [0.717, 1.165) is 17.8 Å². The molecular weight excluding hydrogens is 306 g/mol. The molecule has 2 amide bonds. The van der Waals surface area contributed by atoms with Crippen LogP contribution in [0.4, 0.5) is 5.69 Å². The van der Waals surface area contributed by atoms with Crippen LogP contribution in [0.1, 0.15) is 11.3 Å². The van der Waals surface area contributed by atoms with Crippen LogP contribution in [0.3, 0.4) is 0 Å². The van der Waals surface area contributed by atoms with Gasteiger partial charge in [0.1, 0.15) is 5.76 Å². The second kappa shape index (κ2) is 7.50. The molecule has 0 saturated carbocycles. The van der Waals surface area contributed by atoms with Crippen molar-refractivity contribution in [1.29, 1.82) is 0 Å². The first-order chi connectivity index (χ1) is 11.7. The molecule has 2 heterocycles. The molecule has 1 aliphatic rings. The summed E-state index contributed by atoms with van der Waals surface area (Å²) in [6.07, 6.45) is 4.63. The Hall–Kier alpha value is -3.02. The van der Waals surface area contributed by atoms with Crippen LogP contribution in [0.5, 0.6) is 0 Å². The second-order valence-corrected chi connectivity index (χ2v) is 5.50. The highest BCUT2D eigenvalue weighted by molar-refractivity contribution is 5.91. The average molecular weight is 325 g/mol.